The summed E-state index contributed by atoms with van der Waals surface area (Å²) in [7, 11) is 0. The maximum absolute atomic E-state index is 10.5. The number of aliphatic carboxylic acids is 1. The van der Waals surface area contributed by atoms with Crippen LogP contribution in [0, 0.1) is 6.92 Å². The Bertz CT molecular complexity index is 573. The van der Waals surface area contributed by atoms with E-state index < -0.39 is 5.97 Å². The van der Waals surface area contributed by atoms with Gasteiger partial charge in [0.2, 0.25) is 0 Å². The van der Waals surface area contributed by atoms with Crippen molar-refractivity contribution in [1.82, 2.24) is 4.98 Å². The average Bonchev–Trinajstić information content (AvgIpc) is 2.25. The van der Waals surface area contributed by atoms with Crippen LogP contribution in [0.25, 0.3) is 17.0 Å². The van der Waals surface area contributed by atoms with Gasteiger partial charge in [-0.25, -0.2) is 4.79 Å². The molecule has 3 heteroatoms. The highest BCUT2D eigenvalue weighted by Crippen LogP contribution is 2.18. The Hall–Kier alpha value is -2.16. The van der Waals surface area contributed by atoms with Gasteiger partial charge in [-0.05, 0) is 30.7 Å². The van der Waals surface area contributed by atoms with E-state index in [1.165, 1.54) is 0 Å². The normalized spacial score (nSPS) is 11.1. The standard InChI is InChI=1S/C13H11NO2/c1-9-5-7-11-10(6-8-13(15)16)3-2-4-12(11)14-9/h2-8H,1H3,(H,15,16)/b8-6+. The molecule has 0 spiro atoms. The van der Waals surface area contributed by atoms with Gasteiger partial charge in [-0.1, -0.05) is 18.2 Å². The van der Waals surface area contributed by atoms with E-state index in [2.05, 4.69) is 4.98 Å². The first-order valence-corrected chi connectivity index (χ1v) is 4.94. The van der Waals surface area contributed by atoms with E-state index in [4.69, 9.17) is 5.11 Å². The van der Waals surface area contributed by atoms with Crippen LogP contribution in [0.15, 0.2) is 36.4 Å². The molecule has 2 rings (SSSR count). The van der Waals surface area contributed by atoms with Crippen molar-refractivity contribution in [3.05, 3.63) is 47.7 Å². The number of rotatable bonds is 2. The number of carboxylic acids is 1. The molecule has 16 heavy (non-hydrogen) atoms. The SMILES string of the molecule is Cc1ccc2c(/C=C/C(=O)O)cccc2n1. The smallest absolute Gasteiger partial charge is 0.328 e. The third-order valence-electron chi connectivity index (χ3n) is 2.31. The summed E-state index contributed by atoms with van der Waals surface area (Å²) in [6.45, 7) is 1.93. The molecule has 1 N–H and O–H groups in total. The number of benzene rings is 1. The molecule has 0 aliphatic heterocycles. The minimum Gasteiger partial charge on any atom is -0.478 e. The van der Waals surface area contributed by atoms with Crippen molar-refractivity contribution in [3.8, 4) is 0 Å². The quantitative estimate of drug-likeness (QED) is 0.780. The number of pyridine rings is 1. The molecule has 80 valence electrons. The molecule has 3 nitrogen and oxygen atoms in total. The fourth-order valence-corrected chi connectivity index (χ4v) is 1.59. The van der Waals surface area contributed by atoms with Crippen LogP contribution in [-0.2, 0) is 4.79 Å². The Morgan fingerprint density at radius 2 is 2.12 bits per heavy atom. The average molecular weight is 213 g/mol. The number of aromatic nitrogens is 1. The van der Waals surface area contributed by atoms with Crippen LogP contribution < -0.4 is 0 Å². The molecular formula is C13H11NO2. The molecule has 2 aromatic rings. The van der Waals surface area contributed by atoms with Gasteiger partial charge in [-0.2, -0.15) is 0 Å². The highest BCUT2D eigenvalue weighted by atomic mass is 16.4. The first-order chi connectivity index (χ1) is 7.66. The lowest BCUT2D eigenvalue weighted by atomic mass is 10.1. The summed E-state index contributed by atoms with van der Waals surface area (Å²) in [5, 5.41) is 9.55. The molecule has 0 amide bonds. The molecule has 0 atom stereocenters. The number of hydrogen-bond acceptors (Lipinski definition) is 2. The third kappa shape index (κ3) is 2.08. The van der Waals surface area contributed by atoms with Crippen molar-refractivity contribution >= 4 is 22.9 Å². The van der Waals surface area contributed by atoms with Gasteiger partial charge in [0, 0.05) is 17.2 Å². The van der Waals surface area contributed by atoms with Crippen molar-refractivity contribution in [3.63, 3.8) is 0 Å². The van der Waals surface area contributed by atoms with E-state index in [9.17, 15) is 4.79 Å². The predicted octanol–water partition coefficient (Wildman–Crippen LogP) is 2.64. The van der Waals surface area contributed by atoms with E-state index in [0.717, 1.165) is 28.2 Å². The molecule has 1 aromatic heterocycles. The van der Waals surface area contributed by atoms with E-state index in [-0.39, 0.29) is 0 Å². The van der Waals surface area contributed by atoms with Crippen molar-refractivity contribution in [1.29, 1.82) is 0 Å². The van der Waals surface area contributed by atoms with Gasteiger partial charge in [-0.15, -0.1) is 0 Å². The lowest BCUT2D eigenvalue weighted by molar-refractivity contribution is -0.131. The zero-order valence-corrected chi connectivity index (χ0v) is 8.84. The van der Waals surface area contributed by atoms with Crippen molar-refractivity contribution in [2.24, 2.45) is 0 Å². The minimum atomic E-state index is -0.947. The second kappa shape index (κ2) is 4.14. The highest BCUT2D eigenvalue weighted by Gasteiger charge is 1.99. The predicted molar refractivity (Wildman–Crippen MR) is 63.1 cm³/mol. The van der Waals surface area contributed by atoms with Gasteiger partial charge in [0.1, 0.15) is 0 Å². The maximum atomic E-state index is 10.5. The highest BCUT2D eigenvalue weighted by molar-refractivity contribution is 5.92. The second-order valence-corrected chi connectivity index (χ2v) is 3.54. The summed E-state index contributed by atoms with van der Waals surface area (Å²) in [6.07, 6.45) is 2.72. The molecule has 0 fully saturated rings. The lowest BCUT2D eigenvalue weighted by Crippen LogP contribution is -1.88. The molecule has 1 heterocycles. The van der Waals surface area contributed by atoms with Crippen LogP contribution in [0.1, 0.15) is 11.3 Å². The molecular weight excluding hydrogens is 202 g/mol. The van der Waals surface area contributed by atoms with Crippen LogP contribution in [0.2, 0.25) is 0 Å². The van der Waals surface area contributed by atoms with Crippen LogP contribution in [0.4, 0.5) is 0 Å². The fraction of sp³-hybridized carbons (Fsp3) is 0.0769. The minimum absolute atomic E-state index is 0.868. The number of carbonyl (C=O) groups is 1. The van der Waals surface area contributed by atoms with E-state index >= 15 is 0 Å². The van der Waals surface area contributed by atoms with Crippen LogP contribution in [0.3, 0.4) is 0 Å². The number of aryl methyl sites for hydroxylation is 1. The first kappa shape index (κ1) is 10.4. The van der Waals surface area contributed by atoms with E-state index in [0.29, 0.717) is 0 Å². The first-order valence-electron chi connectivity index (χ1n) is 4.94. The van der Waals surface area contributed by atoms with Gasteiger partial charge < -0.3 is 5.11 Å². The summed E-state index contributed by atoms with van der Waals surface area (Å²) >= 11 is 0. The summed E-state index contributed by atoms with van der Waals surface area (Å²) in [4.78, 5) is 14.8. The van der Waals surface area contributed by atoms with Gasteiger partial charge in [0.25, 0.3) is 0 Å². The summed E-state index contributed by atoms with van der Waals surface area (Å²) < 4.78 is 0. The lowest BCUT2D eigenvalue weighted by Gasteiger charge is -2.02. The van der Waals surface area contributed by atoms with E-state index in [1.807, 2.05) is 37.3 Å². The zero-order valence-electron chi connectivity index (χ0n) is 8.84. The van der Waals surface area contributed by atoms with Gasteiger partial charge in [-0.3, -0.25) is 4.98 Å². The summed E-state index contributed by atoms with van der Waals surface area (Å²) in [5.74, 6) is -0.947. The Morgan fingerprint density at radius 1 is 1.31 bits per heavy atom. The fourth-order valence-electron chi connectivity index (χ4n) is 1.59. The zero-order chi connectivity index (χ0) is 11.5. The number of carboxylic acid groups (broad SMARTS) is 1. The molecule has 1 aromatic carbocycles. The maximum Gasteiger partial charge on any atom is 0.328 e. The van der Waals surface area contributed by atoms with E-state index in [1.54, 1.807) is 6.08 Å². The molecule has 0 radical (unpaired) electrons. The largest absolute Gasteiger partial charge is 0.478 e. The molecule has 0 aliphatic rings. The topological polar surface area (TPSA) is 50.2 Å². The van der Waals surface area contributed by atoms with Gasteiger partial charge in [0.05, 0.1) is 5.52 Å². The third-order valence-corrected chi connectivity index (χ3v) is 2.31. The Kier molecular flexibility index (Phi) is 2.68. The Labute approximate surface area is 93.1 Å². The monoisotopic (exact) mass is 213 g/mol. The number of nitrogens with zero attached hydrogens (tertiary/aromatic N) is 1. The van der Waals surface area contributed by atoms with Crippen molar-refractivity contribution in [2.45, 2.75) is 6.92 Å². The Balaban J connectivity index is 2.58. The van der Waals surface area contributed by atoms with Crippen molar-refractivity contribution in [2.75, 3.05) is 0 Å². The van der Waals surface area contributed by atoms with Gasteiger partial charge in [0.15, 0.2) is 0 Å². The molecule has 0 saturated heterocycles. The molecule has 0 aliphatic carbocycles. The summed E-state index contributed by atoms with van der Waals surface area (Å²) in [5.41, 5.74) is 2.70. The molecule has 0 unspecified atom stereocenters. The van der Waals surface area contributed by atoms with Crippen molar-refractivity contribution < 1.29 is 9.90 Å². The van der Waals surface area contributed by atoms with Gasteiger partial charge >= 0.3 is 5.97 Å². The Morgan fingerprint density at radius 3 is 2.88 bits per heavy atom. The number of hydrogen-bond donors (Lipinski definition) is 1. The van der Waals surface area contributed by atoms with Crippen LogP contribution in [0.5, 0.6) is 0 Å². The second-order valence-electron chi connectivity index (χ2n) is 3.54. The summed E-state index contributed by atoms with van der Waals surface area (Å²) in [6, 6.07) is 9.54. The molecule has 0 saturated carbocycles. The van der Waals surface area contributed by atoms with Crippen LogP contribution in [-0.4, -0.2) is 16.1 Å². The number of fused-ring (bicyclic) bond motifs is 1. The van der Waals surface area contributed by atoms with Crippen LogP contribution >= 0.6 is 0 Å². The molecule has 0 bridgehead atoms.